The molecule has 2 aromatic carbocycles. The summed E-state index contributed by atoms with van der Waals surface area (Å²) in [6.45, 7) is 4.35. The van der Waals surface area contributed by atoms with Crippen molar-refractivity contribution in [3.05, 3.63) is 70.6 Å². The topological polar surface area (TPSA) is 58.9 Å². The van der Waals surface area contributed by atoms with Crippen molar-refractivity contribution in [2.24, 2.45) is 0 Å². The highest BCUT2D eigenvalue weighted by molar-refractivity contribution is 7.13. The van der Waals surface area contributed by atoms with Gasteiger partial charge in [0.15, 0.2) is 0 Å². The monoisotopic (exact) mass is 412 g/mol. The minimum atomic E-state index is -0.762. The van der Waals surface area contributed by atoms with E-state index >= 15 is 0 Å². The van der Waals surface area contributed by atoms with Crippen LogP contribution in [0.15, 0.2) is 53.9 Å². The Morgan fingerprint density at radius 2 is 1.83 bits per heavy atom. The van der Waals surface area contributed by atoms with E-state index in [1.54, 1.807) is 18.4 Å². The van der Waals surface area contributed by atoms with E-state index < -0.39 is 5.60 Å². The maximum absolute atomic E-state index is 10.8. The second-order valence-corrected chi connectivity index (χ2v) is 7.97. The van der Waals surface area contributed by atoms with Gasteiger partial charge in [-0.05, 0) is 65.2 Å². The second-order valence-electron chi connectivity index (χ2n) is 7.06. The van der Waals surface area contributed by atoms with Gasteiger partial charge in [-0.3, -0.25) is 0 Å². The van der Waals surface area contributed by atoms with Crippen LogP contribution in [0.2, 0.25) is 0 Å². The first-order chi connectivity index (χ1) is 14.0. The number of hydrogen-bond acceptors (Lipinski definition) is 5. The Balaban J connectivity index is 1.75. The molecule has 4 nitrogen and oxygen atoms in total. The van der Waals surface area contributed by atoms with E-state index in [-0.39, 0.29) is 6.61 Å². The van der Waals surface area contributed by atoms with E-state index in [1.807, 2.05) is 55.6 Å². The van der Waals surface area contributed by atoms with E-state index in [2.05, 4.69) is 12.1 Å². The van der Waals surface area contributed by atoms with E-state index in [9.17, 15) is 10.2 Å². The minimum absolute atomic E-state index is 0.0743. The zero-order chi connectivity index (χ0) is 20.9. The maximum atomic E-state index is 10.8. The van der Waals surface area contributed by atoms with Crippen molar-refractivity contribution < 1.29 is 19.7 Å². The molecule has 0 saturated carbocycles. The fourth-order valence-electron chi connectivity index (χ4n) is 3.34. The summed E-state index contributed by atoms with van der Waals surface area (Å²) in [5, 5.41) is 22.3. The molecular formula is C24H28O4S. The first kappa shape index (κ1) is 21.4. The first-order valence-electron chi connectivity index (χ1n) is 9.84. The Bertz CT molecular complexity index is 944. The summed E-state index contributed by atoms with van der Waals surface area (Å²) < 4.78 is 11.2. The predicted octanol–water partition coefficient (Wildman–Crippen LogP) is 5.50. The normalized spacial score (nSPS) is 11.5. The third kappa shape index (κ3) is 4.81. The Morgan fingerprint density at radius 1 is 1.03 bits per heavy atom. The third-order valence-corrected chi connectivity index (χ3v) is 6.33. The zero-order valence-corrected chi connectivity index (χ0v) is 18.0. The van der Waals surface area contributed by atoms with Gasteiger partial charge in [-0.2, -0.15) is 0 Å². The van der Waals surface area contributed by atoms with Gasteiger partial charge in [0.25, 0.3) is 0 Å². The molecule has 0 saturated heterocycles. The molecule has 0 unspecified atom stereocenters. The number of thiophene rings is 1. The number of methoxy groups -OCH3 is 1. The second kappa shape index (κ2) is 9.44. The molecule has 0 bridgehead atoms. The number of aliphatic hydroxyl groups excluding tert-OH is 1. The van der Waals surface area contributed by atoms with Crippen LogP contribution in [0.3, 0.4) is 0 Å². The van der Waals surface area contributed by atoms with Gasteiger partial charge < -0.3 is 19.7 Å². The van der Waals surface area contributed by atoms with E-state index in [0.717, 1.165) is 32.9 Å². The number of hydrogen-bond donors (Lipinski definition) is 2. The molecule has 0 aliphatic rings. The summed E-state index contributed by atoms with van der Waals surface area (Å²) >= 11 is 1.64. The van der Waals surface area contributed by atoms with Gasteiger partial charge in [0.05, 0.1) is 19.3 Å². The van der Waals surface area contributed by atoms with Crippen LogP contribution < -0.4 is 9.47 Å². The number of aliphatic hydroxyl groups is 2. The molecule has 1 heterocycles. The lowest BCUT2D eigenvalue weighted by atomic mass is 9.90. The summed E-state index contributed by atoms with van der Waals surface area (Å²) in [5.41, 5.74) is 2.99. The van der Waals surface area contributed by atoms with Gasteiger partial charge in [0.2, 0.25) is 0 Å². The molecule has 29 heavy (non-hydrogen) atoms. The fraction of sp³-hybridized carbons (Fsp3) is 0.333. The summed E-state index contributed by atoms with van der Waals surface area (Å²) in [6, 6.07) is 15.7. The van der Waals surface area contributed by atoms with Crippen LogP contribution in [0, 0.1) is 0 Å². The van der Waals surface area contributed by atoms with Crippen molar-refractivity contribution in [1.82, 2.24) is 0 Å². The molecule has 154 valence electrons. The van der Waals surface area contributed by atoms with Crippen molar-refractivity contribution in [1.29, 1.82) is 0 Å². The number of benzene rings is 2. The van der Waals surface area contributed by atoms with Crippen LogP contribution in [0.5, 0.6) is 11.5 Å². The van der Waals surface area contributed by atoms with E-state index in [4.69, 9.17) is 9.47 Å². The SMILES string of the molecule is CCC(O)(CC)c1csc(-c2cccc(OCc3ccc(OC)c(CO)c3)c2)c1. The van der Waals surface area contributed by atoms with Crippen LogP contribution in [0.4, 0.5) is 0 Å². The lowest BCUT2D eigenvalue weighted by Crippen LogP contribution is -2.22. The maximum Gasteiger partial charge on any atom is 0.124 e. The van der Waals surface area contributed by atoms with Gasteiger partial charge in [-0.15, -0.1) is 11.3 Å². The molecule has 0 aliphatic heterocycles. The highest BCUT2D eigenvalue weighted by Crippen LogP contribution is 2.37. The fourth-order valence-corrected chi connectivity index (χ4v) is 4.34. The average molecular weight is 413 g/mol. The molecule has 0 spiro atoms. The highest BCUT2D eigenvalue weighted by atomic mass is 32.1. The lowest BCUT2D eigenvalue weighted by molar-refractivity contribution is 0.0288. The Hall–Kier alpha value is -2.34. The van der Waals surface area contributed by atoms with Gasteiger partial charge in [0, 0.05) is 10.4 Å². The van der Waals surface area contributed by atoms with Gasteiger partial charge in [-0.1, -0.05) is 32.0 Å². The third-order valence-electron chi connectivity index (χ3n) is 5.35. The molecule has 3 rings (SSSR count). The van der Waals surface area contributed by atoms with Gasteiger partial charge in [-0.25, -0.2) is 0 Å². The molecule has 0 aliphatic carbocycles. The quantitative estimate of drug-likeness (QED) is 0.487. The van der Waals surface area contributed by atoms with Crippen LogP contribution >= 0.6 is 11.3 Å². The van der Waals surface area contributed by atoms with Crippen molar-refractivity contribution in [3.63, 3.8) is 0 Å². The van der Waals surface area contributed by atoms with Crippen molar-refractivity contribution in [3.8, 4) is 21.9 Å². The highest BCUT2D eigenvalue weighted by Gasteiger charge is 2.26. The van der Waals surface area contributed by atoms with Gasteiger partial charge >= 0.3 is 0 Å². The van der Waals surface area contributed by atoms with Crippen LogP contribution in [0.25, 0.3) is 10.4 Å². The summed E-state index contributed by atoms with van der Waals surface area (Å²) in [6.07, 6.45) is 1.39. The van der Waals surface area contributed by atoms with Crippen LogP contribution in [-0.2, 0) is 18.8 Å². The Labute approximate surface area is 176 Å². The summed E-state index contributed by atoms with van der Waals surface area (Å²) in [5.74, 6) is 1.45. The van der Waals surface area contributed by atoms with Gasteiger partial charge in [0.1, 0.15) is 18.1 Å². The van der Waals surface area contributed by atoms with Crippen LogP contribution in [-0.4, -0.2) is 17.3 Å². The number of rotatable bonds is 9. The average Bonchev–Trinajstić information content (AvgIpc) is 3.28. The van der Waals surface area contributed by atoms with Crippen molar-refractivity contribution in [2.45, 2.75) is 45.5 Å². The molecule has 3 aromatic rings. The Kier molecular flexibility index (Phi) is 6.96. The smallest absolute Gasteiger partial charge is 0.124 e. The molecule has 0 amide bonds. The molecule has 0 atom stereocenters. The first-order valence-corrected chi connectivity index (χ1v) is 10.7. The van der Waals surface area contributed by atoms with Crippen molar-refractivity contribution in [2.75, 3.05) is 7.11 Å². The molecular weight excluding hydrogens is 384 g/mol. The van der Waals surface area contributed by atoms with E-state index in [0.29, 0.717) is 25.2 Å². The van der Waals surface area contributed by atoms with Crippen LogP contribution in [0.1, 0.15) is 43.4 Å². The van der Waals surface area contributed by atoms with Crippen molar-refractivity contribution >= 4 is 11.3 Å². The molecule has 5 heteroatoms. The molecule has 2 N–H and O–H groups in total. The minimum Gasteiger partial charge on any atom is -0.496 e. The zero-order valence-electron chi connectivity index (χ0n) is 17.1. The lowest BCUT2D eigenvalue weighted by Gasteiger charge is -2.24. The number of ether oxygens (including phenoxy) is 2. The predicted molar refractivity (Wildman–Crippen MR) is 117 cm³/mol. The standard InChI is InChI=1S/C24H28O4S/c1-4-24(26,5-2)20-13-23(29-16-20)18-7-6-8-21(12-18)28-15-17-9-10-22(27-3)19(11-17)14-25/h6-13,16,25-26H,4-5,14-15H2,1-3H3. The summed E-state index contributed by atoms with van der Waals surface area (Å²) in [4.78, 5) is 1.11. The molecule has 1 aromatic heterocycles. The summed E-state index contributed by atoms with van der Waals surface area (Å²) in [7, 11) is 1.59. The molecule has 0 radical (unpaired) electrons. The Morgan fingerprint density at radius 3 is 2.52 bits per heavy atom. The molecule has 0 fully saturated rings. The largest absolute Gasteiger partial charge is 0.496 e. The van der Waals surface area contributed by atoms with E-state index in [1.165, 1.54) is 0 Å².